The highest BCUT2D eigenvalue weighted by Gasteiger charge is 2.26. The average molecular weight is 205 g/mol. The minimum Gasteiger partial charge on any atom is -0.464 e. The van der Waals surface area contributed by atoms with E-state index in [0.717, 1.165) is 16.9 Å². The van der Waals surface area contributed by atoms with Gasteiger partial charge < -0.3 is 5.11 Å². The number of hydrogen-bond donors (Lipinski definition) is 1. The molecule has 4 heteroatoms. The van der Waals surface area contributed by atoms with Gasteiger partial charge in [0.1, 0.15) is 0 Å². The van der Waals surface area contributed by atoms with E-state index in [1.807, 2.05) is 12.1 Å². The molecule has 1 aromatic carbocycles. The largest absolute Gasteiger partial charge is 0.464 e. The van der Waals surface area contributed by atoms with Gasteiger partial charge in [0.15, 0.2) is 0 Å². The van der Waals surface area contributed by atoms with Crippen molar-refractivity contribution in [2.24, 2.45) is 0 Å². The van der Waals surface area contributed by atoms with Crippen LogP contribution in [0.3, 0.4) is 0 Å². The van der Waals surface area contributed by atoms with Crippen molar-refractivity contribution >= 4 is 17.7 Å². The first-order valence-electron chi connectivity index (χ1n) is 4.84. The molecule has 2 amide bonds. The van der Waals surface area contributed by atoms with E-state index in [1.165, 1.54) is 0 Å². The van der Waals surface area contributed by atoms with Crippen LogP contribution in [0.15, 0.2) is 24.3 Å². The highest BCUT2D eigenvalue weighted by atomic mass is 16.4. The lowest BCUT2D eigenvalue weighted by Crippen LogP contribution is -2.35. The van der Waals surface area contributed by atoms with Gasteiger partial charge in [0, 0.05) is 6.42 Å². The van der Waals surface area contributed by atoms with Gasteiger partial charge in [-0.1, -0.05) is 18.2 Å². The number of para-hydroxylation sites is 1. The number of carboxylic acid groups (broad SMARTS) is 1. The van der Waals surface area contributed by atoms with Crippen LogP contribution >= 0.6 is 0 Å². The first-order valence-corrected chi connectivity index (χ1v) is 4.84. The van der Waals surface area contributed by atoms with Crippen LogP contribution in [-0.4, -0.2) is 17.1 Å². The Kier molecular flexibility index (Phi) is 2.41. The van der Waals surface area contributed by atoms with Crippen molar-refractivity contribution in [1.82, 2.24) is 0 Å². The van der Waals surface area contributed by atoms with E-state index in [0.29, 0.717) is 18.5 Å². The zero-order valence-corrected chi connectivity index (χ0v) is 8.14. The summed E-state index contributed by atoms with van der Waals surface area (Å²) in [6.45, 7) is 0. The summed E-state index contributed by atoms with van der Waals surface area (Å²) in [6, 6.07) is 7.14. The smallest absolute Gasteiger partial charge is 0.418 e. The molecule has 4 nitrogen and oxygen atoms in total. The molecule has 1 N–H and O–H groups in total. The molecule has 15 heavy (non-hydrogen) atoms. The predicted molar refractivity (Wildman–Crippen MR) is 54.9 cm³/mol. The molecule has 0 aromatic heterocycles. The third kappa shape index (κ3) is 1.70. The summed E-state index contributed by atoms with van der Waals surface area (Å²) in [6.07, 6.45) is 0.557. The van der Waals surface area contributed by atoms with E-state index in [9.17, 15) is 9.59 Å². The summed E-state index contributed by atoms with van der Waals surface area (Å²) in [4.78, 5) is 23.4. The molecule has 0 radical (unpaired) electrons. The normalized spacial score (nSPS) is 15.7. The molecule has 0 unspecified atom stereocenters. The lowest BCUT2D eigenvalue weighted by atomic mass is 10.1. The second kappa shape index (κ2) is 3.73. The highest BCUT2D eigenvalue weighted by molar-refractivity contribution is 6.12. The number of fused-ring (bicyclic) bond motifs is 1. The Labute approximate surface area is 87.1 Å². The van der Waals surface area contributed by atoms with Crippen LogP contribution in [0.1, 0.15) is 18.4 Å². The fourth-order valence-corrected chi connectivity index (χ4v) is 1.83. The van der Waals surface area contributed by atoms with Gasteiger partial charge in [-0.2, -0.15) is 0 Å². The van der Waals surface area contributed by atoms with Gasteiger partial charge >= 0.3 is 6.09 Å². The van der Waals surface area contributed by atoms with Crippen LogP contribution in [0.25, 0.3) is 0 Å². The van der Waals surface area contributed by atoms with Crippen LogP contribution in [0.4, 0.5) is 10.5 Å². The van der Waals surface area contributed by atoms with Crippen molar-refractivity contribution in [3.05, 3.63) is 29.8 Å². The predicted octanol–water partition coefficient (Wildman–Crippen LogP) is 2.03. The molecule has 2 rings (SSSR count). The van der Waals surface area contributed by atoms with Crippen LogP contribution in [0, 0.1) is 0 Å². The zero-order valence-electron chi connectivity index (χ0n) is 8.14. The molecule has 1 aliphatic rings. The summed E-state index contributed by atoms with van der Waals surface area (Å²) in [5, 5.41) is 8.99. The highest BCUT2D eigenvalue weighted by Crippen LogP contribution is 2.26. The van der Waals surface area contributed by atoms with Gasteiger partial charge in [0.05, 0.1) is 5.69 Å². The van der Waals surface area contributed by atoms with Crippen molar-refractivity contribution in [1.29, 1.82) is 0 Å². The molecule has 0 fully saturated rings. The van der Waals surface area contributed by atoms with E-state index < -0.39 is 6.09 Å². The number of amides is 2. The Morgan fingerprint density at radius 2 is 2.00 bits per heavy atom. The van der Waals surface area contributed by atoms with Crippen molar-refractivity contribution in [2.75, 3.05) is 4.90 Å². The summed E-state index contributed by atoms with van der Waals surface area (Å²) in [5.41, 5.74) is 1.43. The molecule has 0 saturated carbocycles. The Balaban J connectivity index is 2.52. The van der Waals surface area contributed by atoms with E-state index >= 15 is 0 Å². The molecule has 1 aliphatic heterocycles. The first kappa shape index (κ1) is 9.71. The number of aryl methyl sites for hydroxylation is 1. The summed E-state index contributed by atoms with van der Waals surface area (Å²) < 4.78 is 0. The molecule has 0 atom stereocenters. The molecule has 1 aromatic rings. The molecule has 0 bridgehead atoms. The number of anilines is 1. The third-order valence-corrected chi connectivity index (χ3v) is 2.51. The summed E-state index contributed by atoms with van der Waals surface area (Å²) in [7, 11) is 0. The molecule has 0 aliphatic carbocycles. The van der Waals surface area contributed by atoms with Crippen LogP contribution in [0.5, 0.6) is 0 Å². The molecule has 1 heterocycles. The van der Waals surface area contributed by atoms with Gasteiger partial charge in [0.25, 0.3) is 0 Å². The standard InChI is InChI=1S/C11H11NO3/c13-10-7-3-5-8-4-1-2-6-9(8)12(10)11(14)15/h1-2,4,6H,3,5,7H2,(H,14,15). The zero-order chi connectivity index (χ0) is 10.8. The maximum absolute atomic E-state index is 11.6. The van der Waals surface area contributed by atoms with Gasteiger partial charge in [-0.15, -0.1) is 0 Å². The van der Waals surface area contributed by atoms with Crippen LogP contribution in [-0.2, 0) is 11.2 Å². The summed E-state index contributed by atoms with van der Waals surface area (Å²) in [5.74, 6) is -0.340. The minimum atomic E-state index is -1.20. The van der Waals surface area contributed by atoms with Crippen molar-refractivity contribution in [3.8, 4) is 0 Å². The lowest BCUT2D eigenvalue weighted by Gasteiger charge is -2.16. The Morgan fingerprint density at radius 1 is 1.27 bits per heavy atom. The fraction of sp³-hybridized carbons (Fsp3) is 0.273. The number of imide groups is 1. The number of nitrogens with zero attached hydrogens (tertiary/aromatic N) is 1. The van der Waals surface area contributed by atoms with E-state index in [2.05, 4.69) is 0 Å². The Morgan fingerprint density at radius 3 is 2.73 bits per heavy atom. The van der Waals surface area contributed by atoms with Crippen molar-refractivity contribution in [2.45, 2.75) is 19.3 Å². The molecule has 0 spiro atoms. The number of carbonyl (C=O) groups excluding carboxylic acids is 1. The lowest BCUT2D eigenvalue weighted by molar-refractivity contribution is -0.118. The quantitative estimate of drug-likeness (QED) is 0.705. The van der Waals surface area contributed by atoms with E-state index in [1.54, 1.807) is 12.1 Å². The maximum Gasteiger partial charge on any atom is 0.418 e. The van der Waals surface area contributed by atoms with Gasteiger partial charge in [-0.3, -0.25) is 4.79 Å². The molecular formula is C11H11NO3. The van der Waals surface area contributed by atoms with Crippen LogP contribution < -0.4 is 4.90 Å². The minimum absolute atomic E-state index is 0.293. The van der Waals surface area contributed by atoms with E-state index in [-0.39, 0.29) is 5.91 Å². The van der Waals surface area contributed by atoms with E-state index in [4.69, 9.17) is 5.11 Å². The number of carbonyl (C=O) groups is 2. The second-order valence-corrected chi connectivity index (χ2v) is 3.49. The Bertz CT molecular complexity index is 414. The second-order valence-electron chi connectivity index (χ2n) is 3.49. The molecule has 78 valence electrons. The summed E-state index contributed by atoms with van der Waals surface area (Å²) >= 11 is 0. The molecule has 0 saturated heterocycles. The SMILES string of the molecule is O=C(O)N1C(=O)CCCc2ccccc21. The van der Waals surface area contributed by atoms with Crippen LogP contribution in [0.2, 0.25) is 0 Å². The first-order chi connectivity index (χ1) is 7.20. The maximum atomic E-state index is 11.6. The number of rotatable bonds is 0. The fourth-order valence-electron chi connectivity index (χ4n) is 1.83. The average Bonchev–Trinajstić information content (AvgIpc) is 2.35. The van der Waals surface area contributed by atoms with Gasteiger partial charge in [-0.05, 0) is 24.5 Å². The number of benzene rings is 1. The Hall–Kier alpha value is -1.84. The number of hydrogen-bond acceptors (Lipinski definition) is 2. The topological polar surface area (TPSA) is 57.6 Å². The monoisotopic (exact) mass is 205 g/mol. The van der Waals surface area contributed by atoms with Crippen molar-refractivity contribution < 1.29 is 14.7 Å². The van der Waals surface area contributed by atoms with Gasteiger partial charge in [-0.25, -0.2) is 9.69 Å². The molecular weight excluding hydrogens is 194 g/mol. The van der Waals surface area contributed by atoms with Gasteiger partial charge in [0.2, 0.25) is 5.91 Å². The van der Waals surface area contributed by atoms with Crippen molar-refractivity contribution in [3.63, 3.8) is 0 Å². The third-order valence-electron chi connectivity index (χ3n) is 2.51.